The lowest BCUT2D eigenvalue weighted by molar-refractivity contribution is -0.140. The molecular weight excluding hydrogens is 313 g/mol. The Bertz CT molecular complexity index is 572. The molecule has 0 amide bonds. The van der Waals surface area contributed by atoms with Gasteiger partial charge in [-0.25, -0.2) is 4.98 Å². The Kier molecular flexibility index (Phi) is 5.93. The van der Waals surface area contributed by atoms with E-state index in [1.807, 2.05) is 30.3 Å². The average Bonchev–Trinajstić information content (AvgIpc) is 2.97. The molecule has 0 radical (unpaired) electrons. The van der Waals surface area contributed by atoms with Gasteiger partial charge < -0.3 is 10.4 Å². The van der Waals surface area contributed by atoms with Crippen molar-refractivity contribution in [1.82, 2.24) is 10.3 Å². The first kappa shape index (κ1) is 16.9. The van der Waals surface area contributed by atoms with E-state index in [-0.39, 0.29) is 19.2 Å². The largest absolute Gasteiger partial charge is 0.434 e. The first-order chi connectivity index (χ1) is 10.5. The molecule has 120 valence electrons. The molecule has 0 saturated heterocycles. The molecule has 0 spiro atoms. The highest BCUT2D eigenvalue weighted by molar-refractivity contribution is 7.09. The first-order valence-corrected chi connectivity index (χ1v) is 7.79. The molecule has 2 N–H and O–H groups in total. The molecule has 0 bridgehead atoms. The van der Waals surface area contributed by atoms with Crippen molar-refractivity contribution < 1.29 is 18.3 Å². The van der Waals surface area contributed by atoms with Crippen LogP contribution < -0.4 is 5.32 Å². The first-order valence-electron chi connectivity index (χ1n) is 6.91. The van der Waals surface area contributed by atoms with Gasteiger partial charge in [0.25, 0.3) is 0 Å². The van der Waals surface area contributed by atoms with E-state index in [4.69, 9.17) is 5.11 Å². The third-order valence-electron chi connectivity index (χ3n) is 3.19. The molecular formula is C15H17F3N2OS. The van der Waals surface area contributed by atoms with Crippen molar-refractivity contribution in [3.8, 4) is 0 Å². The van der Waals surface area contributed by atoms with Gasteiger partial charge >= 0.3 is 6.18 Å². The summed E-state index contributed by atoms with van der Waals surface area (Å²) >= 11 is 0.994. The maximum absolute atomic E-state index is 12.5. The normalized spacial score (nSPS) is 13.3. The minimum Gasteiger partial charge on any atom is -0.396 e. The summed E-state index contributed by atoms with van der Waals surface area (Å²) in [4.78, 5) is 3.61. The lowest BCUT2D eigenvalue weighted by Gasteiger charge is -2.18. The van der Waals surface area contributed by atoms with Crippen LogP contribution in [0.2, 0.25) is 0 Å². The van der Waals surface area contributed by atoms with Crippen molar-refractivity contribution in [2.45, 2.75) is 31.6 Å². The topological polar surface area (TPSA) is 45.1 Å². The van der Waals surface area contributed by atoms with Gasteiger partial charge in [-0.2, -0.15) is 13.2 Å². The van der Waals surface area contributed by atoms with E-state index in [9.17, 15) is 13.2 Å². The number of hydrogen-bond donors (Lipinski definition) is 2. The zero-order valence-corrected chi connectivity index (χ0v) is 12.6. The second-order valence-electron chi connectivity index (χ2n) is 4.83. The molecule has 2 aromatic rings. The smallest absolute Gasteiger partial charge is 0.396 e. The van der Waals surface area contributed by atoms with Gasteiger partial charge in [0.1, 0.15) is 5.01 Å². The zero-order chi connectivity index (χ0) is 16.0. The van der Waals surface area contributed by atoms with Crippen LogP contribution in [-0.2, 0) is 12.7 Å². The number of hydrogen-bond acceptors (Lipinski definition) is 4. The fourth-order valence-corrected chi connectivity index (χ4v) is 2.85. The summed E-state index contributed by atoms with van der Waals surface area (Å²) in [5.74, 6) is 0. The minimum atomic E-state index is -4.40. The predicted molar refractivity (Wildman–Crippen MR) is 79.5 cm³/mol. The number of thiazole rings is 1. The Hall–Kier alpha value is -1.44. The number of benzene rings is 1. The van der Waals surface area contributed by atoms with Crippen molar-refractivity contribution in [3.63, 3.8) is 0 Å². The second kappa shape index (κ2) is 7.71. The fraction of sp³-hybridized carbons (Fsp3) is 0.400. The summed E-state index contributed by atoms with van der Waals surface area (Å²) in [6.07, 6.45) is -3.07. The van der Waals surface area contributed by atoms with Crippen molar-refractivity contribution in [3.05, 3.63) is 52.0 Å². The van der Waals surface area contributed by atoms with Crippen LogP contribution in [0.1, 0.15) is 35.1 Å². The highest BCUT2D eigenvalue weighted by Crippen LogP contribution is 2.30. The summed E-state index contributed by atoms with van der Waals surface area (Å²) < 4.78 is 37.6. The molecule has 0 aliphatic heterocycles. The fourth-order valence-electron chi connectivity index (χ4n) is 2.10. The lowest BCUT2D eigenvalue weighted by atomic mass is 10.0. The summed E-state index contributed by atoms with van der Waals surface area (Å²) in [5, 5.41) is 13.6. The lowest BCUT2D eigenvalue weighted by Crippen LogP contribution is -2.21. The van der Waals surface area contributed by atoms with Gasteiger partial charge in [-0.1, -0.05) is 30.3 Å². The van der Waals surface area contributed by atoms with Crippen LogP contribution in [0, 0.1) is 0 Å². The number of halogens is 3. The van der Waals surface area contributed by atoms with E-state index in [1.54, 1.807) is 0 Å². The van der Waals surface area contributed by atoms with Gasteiger partial charge in [0.15, 0.2) is 5.69 Å². The van der Waals surface area contributed by atoms with Gasteiger partial charge in [0, 0.05) is 24.6 Å². The predicted octanol–water partition coefficient (Wildman–Crippen LogP) is 3.77. The van der Waals surface area contributed by atoms with Crippen molar-refractivity contribution in [1.29, 1.82) is 0 Å². The summed E-state index contributed by atoms with van der Waals surface area (Å²) in [5.41, 5.74) is 0.199. The average molecular weight is 330 g/mol. The number of alkyl halides is 3. The monoisotopic (exact) mass is 330 g/mol. The number of nitrogens with zero attached hydrogens (tertiary/aromatic N) is 1. The Labute approximate surface area is 130 Å². The summed E-state index contributed by atoms with van der Waals surface area (Å²) in [6, 6.07) is 9.62. The molecule has 0 fully saturated rings. The van der Waals surface area contributed by atoms with Crippen molar-refractivity contribution in [2.24, 2.45) is 0 Å². The molecule has 1 atom stereocenters. The number of aliphatic hydroxyl groups is 1. The van der Waals surface area contributed by atoms with Crippen molar-refractivity contribution >= 4 is 11.3 Å². The molecule has 1 aromatic carbocycles. The number of aliphatic hydroxyl groups excluding tert-OH is 1. The molecule has 0 aliphatic rings. The standard InChI is InChI=1S/C15H17F3N2OS/c16-15(17,18)13-10-22-14(20-13)9-19-12(7-4-8-21)11-5-2-1-3-6-11/h1-3,5-6,10,12,19,21H,4,7-9H2. The quantitative estimate of drug-likeness (QED) is 0.812. The number of aromatic nitrogens is 1. The Balaban J connectivity index is 2.00. The summed E-state index contributed by atoms with van der Waals surface area (Å²) in [7, 11) is 0. The number of rotatable bonds is 7. The van der Waals surface area contributed by atoms with E-state index in [0.29, 0.717) is 17.8 Å². The third-order valence-corrected chi connectivity index (χ3v) is 4.04. The van der Waals surface area contributed by atoms with Crippen LogP contribution in [0.5, 0.6) is 0 Å². The van der Waals surface area contributed by atoms with Gasteiger partial charge in [0.05, 0.1) is 0 Å². The highest BCUT2D eigenvalue weighted by Gasteiger charge is 2.33. The van der Waals surface area contributed by atoms with Crippen LogP contribution in [0.15, 0.2) is 35.7 Å². The van der Waals surface area contributed by atoms with E-state index >= 15 is 0 Å². The highest BCUT2D eigenvalue weighted by atomic mass is 32.1. The molecule has 0 aliphatic carbocycles. The van der Waals surface area contributed by atoms with Crippen LogP contribution in [0.4, 0.5) is 13.2 Å². The van der Waals surface area contributed by atoms with Crippen LogP contribution >= 0.6 is 11.3 Å². The Morgan fingerprint density at radius 2 is 1.95 bits per heavy atom. The zero-order valence-electron chi connectivity index (χ0n) is 11.8. The molecule has 22 heavy (non-hydrogen) atoms. The van der Waals surface area contributed by atoms with E-state index in [0.717, 1.165) is 22.3 Å². The minimum absolute atomic E-state index is 0.0217. The molecule has 1 heterocycles. The summed E-state index contributed by atoms with van der Waals surface area (Å²) in [6.45, 7) is 0.353. The van der Waals surface area contributed by atoms with E-state index < -0.39 is 11.9 Å². The molecule has 0 saturated carbocycles. The molecule has 1 unspecified atom stereocenters. The molecule has 7 heteroatoms. The van der Waals surface area contributed by atoms with Gasteiger partial charge in [-0.15, -0.1) is 11.3 Å². The van der Waals surface area contributed by atoms with Gasteiger partial charge in [0.2, 0.25) is 0 Å². The Morgan fingerprint density at radius 3 is 2.55 bits per heavy atom. The van der Waals surface area contributed by atoms with Crippen molar-refractivity contribution in [2.75, 3.05) is 6.61 Å². The van der Waals surface area contributed by atoms with E-state index in [1.165, 1.54) is 0 Å². The van der Waals surface area contributed by atoms with E-state index in [2.05, 4.69) is 10.3 Å². The van der Waals surface area contributed by atoms with Crippen LogP contribution in [0.3, 0.4) is 0 Å². The van der Waals surface area contributed by atoms with Crippen LogP contribution in [-0.4, -0.2) is 16.7 Å². The maximum atomic E-state index is 12.5. The maximum Gasteiger partial charge on any atom is 0.434 e. The SMILES string of the molecule is OCCCC(NCc1nc(C(F)(F)F)cs1)c1ccccc1. The second-order valence-corrected chi connectivity index (χ2v) is 5.78. The number of nitrogens with one attached hydrogen (secondary N) is 1. The van der Waals surface area contributed by atoms with Crippen LogP contribution in [0.25, 0.3) is 0 Å². The van der Waals surface area contributed by atoms with Gasteiger partial charge in [-0.3, -0.25) is 0 Å². The molecule has 1 aromatic heterocycles. The Morgan fingerprint density at radius 1 is 1.23 bits per heavy atom. The molecule has 2 rings (SSSR count). The molecule has 3 nitrogen and oxygen atoms in total. The van der Waals surface area contributed by atoms with Gasteiger partial charge in [-0.05, 0) is 18.4 Å². The third kappa shape index (κ3) is 4.79.